The fourth-order valence-corrected chi connectivity index (χ4v) is 5.54. The van der Waals surface area contributed by atoms with E-state index >= 15 is 0 Å². The van der Waals surface area contributed by atoms with E-state index in [1.807, 2.05) is 6.07 Å². The lowest BCUT2D eigenvalue weighted by molar-refractivity contribution is -0.115. The number of pyridine rings is 1. The maximum Gasteiger partial charge on any atom is 0.223 e. The first-order chi connectivity index (χ1) is 18.8. The van der Waals surface area contributed by atoms with Gasteiger partial charge in [-0.25, -0.2) is 15.0 Å². The molecule has 1 saturated carbocycles. The molecule has 1 saturated heterocycles. The smallest absolute Gasteiger partial charge is 0.223 e. The third-order valence-electron chi connectivity index (χ3n) is 7.29. The fourth-order valence-electron chi connectivity index (χ4n) is 4.84. The number of carbonyl (C=O) groups excluding carboxylic acids is 1. The van der Waals surface area contributed by atoms with Crippen molar-refractivity contribution in [3.63, 3.8) is 0 Å². The van der Waals surface area contributed by atoms with Gasteiger partial charge in [-0.2, -0.15) is 0 Å². The zero-order valence-electron chi connectivity index (χ0n) is 22.1. The highest BCUT2D eigenvalue weighted by Gasteiger charge is 2.31. The lowest BCUT2D eigenvalue weighted by Gasteiger charge is -2.20. The number of ketones is 1. The van der Waals surface area contributed by atoms with Crippen LogP contribution in [-0.4, -0.2) is 60.3 Å². The van der Waals surface area contributed by atoms with Gasteiger partial charge in [-0.1, -0.05) is 29.8 Å². The number of hydrogen-bond acceptors (Lipinski definition) is 9. The van der Waals surface area contributed by atoms with Crippen molar-refractivity contribution < 1.29 is 19.0 Å². The highest BCUT2D eigenvalue weighted by Crippen LogP contribution is 2.46. The summed E-state index contributed by atoms with van der Waals surface area (Å²) in [6.45, 7) is 6.68. The Hall–Kier alpha value is -3.14. The summed E-state index contributed by atoms with van der Waals surface area (Å²) in [5, 5.41) is 8.33. The lowest BCUT2D eigenvalue weighted by Crippen LogP contribution is -2.30. The number of carbonyl (C=O) groups is 1. The van der Waals surface area contributed by atoms with Gasteiger partial charge >= 0.3 is 0 Å². The Balaban J connectivity index is 1.56. The number of ether oxygens (including phenoxy) is 3. The van der Waals surface area contributed by atoms with E-state index in [0.29, 0.717) is 75.6 Å². The molecule has 2 N–H and O–H groups in total. The molecule has 11 heteroatoms. The molecule has 0 radical (unpaired) electrons. The number of aromatic nitrogens is 3. The minimum Gasteiger partial charge on any atom is -0.495 e. The van der Waals surface area contributed by atoms with Gasteiger partial charge in [-0.3, -0.25) is 4.79 Å². The van der Waals surface area contributed by atoms with Crippen LogP contribution in [-0.2, 0) is 9.53 Å². The van der Waals surface area contributed by atoms with Crippen LogP contribution in [0, 0.1) is 11.8 Å². The molecule has 0 bridgehead atoms. The largest absolute Gasteiger partial charge is 0.495 e. The Morgan fingerprint density at radius 3 is 2.54 bits per heavy atom. The molecule has 1 aliphatic carbocycles. The molecule has 1 aromatic carbocycles. The van der Waals surface area contributed by atoms with E-state index in [0.717, 1.165) is 5.39 Å². The first-order valence-electron chi connectivity index (χ1n) is 12.9. The summed E-state index contributed by atoms with van der Waals surface area (Å²) in [5.74, 6) is 2.46. The Morgan fingerprint density at radius 1 is 1.18 bits per heavy atom. The van der Waals surface area contributed by atoms with E-state index in [4.69, 9.17) is 47.4 Å². The number of nitrogens with zero attached hydrogens (tertiary/aromatic N) is 3. The Labute approximate surface area is 237 Å². The molecule has 5 rings (SSSR count). The van der Waals surface area contributed by atoms with Crippen LogP contribution in [0.3, 0.4) is 0 Å². The van der Waals surface area contributed by atoms with Gasteiger partial charge in [0.15, 0.2) is 11.6 Å². The van der Waals surface area contributed by atoms with Crippen LogP contribution in [0.15, 0.2) is 31.0 Å². The van der Waals surface area contributed by atoms with Crippen LogP contribution in [0.2, 0.25) is 10.0 Å². The minimum absolute atomic E-state index is 0.00936. The second kappa shape index (κ2) is 11.5. The van der Waals surface area contributed by atoms with Crippen molar-refractivity contribution in [3.05, 3.63) is 41.0 Å². The number of rotatable bonds is 11. The zero-order valence-corrected chi connectivity index (χ0v) is 23.6. The summed E-state index contributed by atoms with van der Waals surface area (Å²) in [7, 11) is 3.07. The number of methoxy groups -OCH3 is 2. The molecule has 0 unspecified atom stereocenters. The first kappa shape index (κ1) is 27.4. The van der Waals surface area contributed by atoms with Gasteiger partial charge in [0.05, 0.1) is 49.2 Å². The molecule has 3 aromatic rings. The maximum atomic E-state index is 11.9. The van der Waals surface area contributed by atoms with Crippen LogP contribution >= 0.6 is 23.2 Å². The molecule has 0 amide bonds. The van der Waals surface area contributed by atoms with Gasteiger partial charge in [0.25, 0.3) is 0 Å². The fraction of sp³-hybridized carbons (Fsp3) is 0.429. The number of allylic oxidation sites excluding steroid dienone is 1. The number of nitrogens with one attached hydrogen (secondary N) is 2. The van der Waals surface area contributed by atoms with Gasteiger partial charge in [-0.05, 0) is 37.8 Å². The van der Waals surface area contributed by atoms with E-state index in [1.54, 1.807) is 12.3 Å². The number of fused-ring (bicyclic) bond motifs is 1. The Bertz CT molecular complexity index is 1390. The molecular formula is C28H31Cl2N5O4. The topological polar surface area (TPSA) is 107 Å². The third-order valence-corrected chi connectivity index (χ3v) is 8.04. The number of halogens is 2. The average molecular weight is 572 g/mol. The molecule has 2 aromatic heterocycles. The van der Waals surface area contributed by atoms with Gasteiger partial charge in [0, 0.05) is 41.6 Å². The van der Waals surface area contributed by atoms with Crippen molar-refractivity contribution in [1.29, 1.82) is 0 Å². The highest BCUT2D eigenvalue weighted by atomic mass is 35.5. The van der Waals surface area contributed by atoms with Gasteiger partial charge < -0.3 is 24.8 Å². The van der Waals surface area contributed by atoms with E-state index in [2.05, 4.69) is 29.1 Å². The maximum absolute atomic E-state index is 11.9. The van der Waals surface area contributed by atoms with Gasteiger partial charge in [0.1, 0.15) is 17.0 Å². The molecule has 9 nitrogen and oxygen atoms in total. The van der Waals surface area contributed by atoms with Gasteiger partial charge in [0.2, 0.25) is 5.95 Å². The predicted molar refractivity (Wildman–Crippen MR) is 153 cm³/mol. The molecule has 1 aliphatic heterocycles. The molecule has 39 heavy (non-hydrogen) atoms. The monoisotopic (exact) mass is 571 g/mol. The van der Waals surface area contributed by atoms with Crippen LogP contribution in [0.1, 0.15) is 26.2 Å². The number of anilines is 2. The number of hydrogen-bond donors (Lipinski definition) is 2. The van der Waals surface area contributed by atoms with Crippen molar-refractivity contribution in [2.45, 2.75) is 38.3 Å². The van der Waals surface area contributed by atoms with Crippen molar-refractivity contribution in [2.75, 3.05) is 38.1 Å². The van der Waals surface area contributed by atoms with E-state index in [9.17, 15) is 4.79 Å². The summed E-state index contributed by atoms with van der Waals surface area (Å²) in [6.07, 6.45) is 5.79. The SMILES string of the molecule is C=CC(=O)C[C@H]1COC[C@H]1Nc1ncc2cc(-c3c(Cl)c(OC)cc(OC)c3Cl)nc(N[C@H](C)C3CC3)c2n1. The third kappa shape index (κ3) is 5.76. The average Bonchev–Trinajstić information content (AvgIpc) is 3.70. The summed E-state index contributed by atoms with van der Waals surface area (Å²) in [5.41, 5.74) is 1.69. The van der Waals surface area contributed by atoms with Crippen LogP contribution in [0.25, 0.3) is 22.2 Å². The predicted octanol–water partition coefficient (Wildman–Crippen LogP) is 5.80. The Morgan fingerprint density at radius 2 is 1.90 bits per heavy atom. The summed E-state index contributed by atoms with van der Waals surface area (Å²) >= 11 is 13.4. The molecular weight excluding hydrogens is 541 g/mol. The second-order valence-electron chi connectivity index (χ2n) is 9.96. The lowest BCUT2D eigenvalue weighted by atomic mass is 9.97. The van der Waals surface area contributed by atoms with Crippen molar-refractivity contribution in [1.82, 2.24) is 15.0 Å². The molecule has 206 valence electrons. The zero-order chi connectivity index (χ0) is 27.7. The van der Waals surface area contributed by atoms with Crippen molar-refractivity contribution in [3.8, 4) is 22.8 Å². The number of benzene rings is 1. The first-order valence-corrected chi connectivity index (χ1v) is 13.6. The quantitative estimate of drug-likeness (QED) is 0.276. The highest BCUT2D eigenvalue weighted by molar-refractivity contribution is 6.41. The molecule has 3 heterocycles. The van der Waals surface area contributed by atoms with Crippen molar-refractivity contribution >= 4 is 51.7 Å². The molecule has 3 atom stereocenters. The van der Waals surface area contributed by atoms with Crippen LogP contribution in [0.5, 0.6) is 11.5 Å². The second-order valence-corrected chi connectivity index (χ2v) is 10.7. The van der Waals surface area contributed by atoms with E-state index in [-0.39, 0.29) is 23.8 Å². The minimum atomic E-state index is -0.0951. The van der Waals surface area contributed by atoms with E-state index in [1.165, 1.54) is 33.1 Å². The molecule has 2 aliphatic rings. The van der Waals surface area contributed by atoms with Crippen molar-refractivity contribution in [2.24, 2.45) is 11.8 Å². The van der Waals surface area contributed by atoms with Gasteiger partial charge in [-0.15, -0.1) is 0 Å². The molecule has 2 fully saturated rings. The Kier molecular flexibility index (Phi) is 8.11. The standard InChI is InChI=1S/C28H31Cl2N5O4/c1-5-18(36)8-17-12-39-13-20(17)34-28-31-11-16-9-19(23-24(29)21(37-3)10-22(38-4)25(23)30)33-27(26(16)35-28)32-14(2)15-6-7-15/h5,9-11,14-15,17,20H,1,6-8,12-13H2,2-4H3,(H,32,33)(H,31,34,35)/t14-,17+,20-/m1/s1. The normalized spacial score (nSPS) is 19.5. The summed E-state index contributed by atoms with van der Waals surface area (Å²) in [6, 6.07) is 3.60. The summed E-state index contributed by atoms with van der Waals surface area (Å²) < 4.78 is 16.6. The molecule has 0 spiro atoms. The van der Waals surface area contributed by atoms with Crippen LogP contribution in [0.4, 0.5) is 11.8 Å². The summed E-state index contributed by atoms with van der Waals surface area (Å²) in [4.78, 5) is 26.3. The van der Waals surface area contributed by atoms with E-state index < -0.39 is 0 Å². The van der Waals surface area contributed by atoms with Crippen LogP contribution < -0.4 is 20.1 Å².